The van der Waals surface area contributed by atoms with E-state index in [1.807, 2.05) is 60.7 Å². The van der Waals surface area contributed by atoms with Crippen molar-refractivity contribution in [1.29, 1.82) is 0 Å². The second-order valence-corrected chi connectivity index (χ2v) is 24.9. The first-order chi connectivity index (χ1) is 45.0. The van der Waals surface area contributed by atoms with Gasteiger partial charge in [-0.1, -0.05) is 91.0 Å². The predicted molar refractivity (Wildman–Crippen MR) is 346 cm³/mol. The Morgan fingerprint density at radius 1 is 0.479 bits per heavy atom. The van der Waals surface area contributed by atoms with Gasteiger partial charge in [0.1, 0.15) is 24.4 Å². The highest BCUT2D eigenvalue weighted by atomic mass is 32.2. The van der Waals surface area contributed by atoms with Crippen LogP contribution in [0.4, 0.5) is 0 Å². The van der Waals surface area contributed by atoms with Crippen molar-refractivity contribution in [1.82, 2.24) is 31.9 Å². The Morgan fingerprint density at radius 2 is 0.830 bits per heavy atom. The lowest BCUT2D eigenvalue weighted by Gasteiger charge is -2.46. The minimum atomic E-state index is -2.50. The number of benzene rings is 5. The summed E-state index contributed by atoms with van der Waals surface area (Å²) in [6, 6.07) is 35.7. The molecule has 6 amide bonds. The molecule has 2 aliphatic heterocycles. The number of aliphatic hydroxyl groups is 6. The van der Waals surface area contributed by atoms with Crippen LogP contribution >= 0.6 is 23.5 Å². The van der Waals surface area contributed by atoms with Gasteiger partial charge in [-0.3, -0.25) is 28.8 Å². The summed E-state index contributed by atoms with van der Waals surface area (Å²) in [6.45, 7) is 1.32. The number of carbonyl (C=O) groups excluding carboxylic acids is 6. The number of carboxylic acids is 2. The quantitative estimate of drug-likeness (QED) is 0.0262. The second-order valence-electron chi connectivity index (χ2n) is 22.4. The summed E-state index contributed by atoms with van der Waals surface area (Å²) < 4.78 is 23.2. The largest absolute Gasteiger partial charge is 0.477 e. The van der Waals surface area contributed by atoms with Crippen molar-refractivity contribution in [2.45, 2.75) is 112 Å². The third-order valence-electron chi connectivity index (χ3n) is 15.4. The molecule has 2 fully saturated rings. The minimum absolute atomic E-state index is 0.195. The average molecular weight is 1340 g/mol. The molecule has 0 unspecified atom stereocenters. The molecular formula is C66H80N6O20S2. The first-order valence-electron chi connectivity index (χ1n) is 30.4. The number of aliphatic carboxylic acids is 2. The first kappa shape index (κ1) is 73.6. The van der Waals surface area contributed by atoms with Crippen molar-refractivity contribution in [3.05, 3.63) is 156 Å². The zero-order valence-corrected chi connectivity index (χ0v) is 53.3. The Labute approximate surface area is 550 Å². The normalized spacial score (nSPS) is 22.3. The zero-order valence-electron chi connectivity index (χ0n) is 51.7. The SMILES string of the molecule is CC(=O)N[C@H]1[C@H]([C@H](O)[C@H](O)CNC(=O)c2ccc(-c3ccccc3)cc2)O[C@@](OCCCSCCNC(=O)c2cccc(C(=O)NCCSCCCO[C@]3(C(=O)O)C[C@H](O)[C@@H](NC(C)=O)[C@H]([C@H](O)[C@H](O)CNC(=O)c4ccc(-c5ccccc5)cc4)O3)c2)(C(=O)O)C[C@@H]1O. The van der Waals surface area contributed by atoms with Gasteiger partial charge in [-0.2, -0.15) is 23.5 Å². The van der Waals surface area contributed by atoms with Crippen molar-refractivity contribution < 1.29 is 98.2 Å². The van der Waals surface area contributed by atoms with Gasteiger partial charge in [0.15, 0.2) is 0 Å². The van der Waals surface area contributed by atoms with E-state index in [2.05, 4.69) is 31.9 Å². The smallest absolute Gasteiger partial charge is 0.364 e. The molecule has 2 heterocycles. The van der Waals surface area contributed by atoms with Crippen LogP contribution in [0.2, 0.25) is 0 Å². The van der Waals surface area contributed by atoms with Gasteiger partial charge in [-0.15, -0.1) is 0 Å². The number of nitrogens with one attached hydrogen (secondary N) is 6. The van der Waals surface area contributed by atoms with E-state index in [1.165, 1.54) is 29.6 Å². The lowest BCUT2D eigenvalue weighted by atomic mass is 9.88. The van der Waals surface area contributed by atoms with Crippen LogP contribution in [0.15, 0.2) is 133 Å². The molecule has 14 N–H and O–H groups in total. The van der Waals surface area contributed by atoms with Gasteiger partial charge in [-0.05, 0) is 89.1 Å². The summed E-state index contributed by atoms with van der Waals surface area (Å²) in [7, 11) is 0. The number of amides is 6. The van der Waals surface area contributed by atoms with Crippen LogP contribution in [0.3, 0.4) is 0 Å². The summed E-state index contributed by atoms with van der Waals surface area (Å²) in [5.74, 6) is -9.86. The highest BCUT2D eigenvalue weighted by molar-refractivity contribution is 7.99. The van der Waals surface area contributed by atoms with Crippen LogP contribution in [0, 0.1) is 0 Å². The van der Waals surface area contributed by atoms with Gasteiger partial charge >= 0.3 is 11.9 Å². The maximum absolute atomic E-state index is 13.1. The summed E-state index contributed by atoms with van der Waals surface area (Å²) >= 11 is 2.82. The van der Waals surface area contributed by atoms with E-state index < -0.39 is 146 Å². The molecule has 0 saturated carbocycles. The summed E-state index contributed by atoms with van der Waals surface area (Å²) in [4.78, 5) is 102. The van der Waals surface area contributed by atoms with Crippen LogP contribution in [0.5, 0.6) is 0 Å². The highest BCUT2D eigenvalue weighted by Crippen LogP contribution is 2.36. The Balaban J connectivity index is 0.786. The number of carbonyl (C=O) groups is 8. The third-order valence-corrected chi connectivity index (χ3v) is 17.6. The molecule has 0 radical (unpaired) electrons. The number of hydrogen-bond donors (Lipinski definition) is 14. The molecule has 12 atom stereocenters. The van der Waals surface area contributed by atoms with E-state index >= 15 is 0 Å². The summed E-state index contributed by atoms with van der Waals surface area (Å²) in [5.41, 5.74) is 4.60. The van der Waals surface area contributed by atoms with E-state index in [-0.39, 0.29) is 61.4 Å². The highest BCUT2D eigenvalue weighted by Gasteiger charge is 2.57. The molecule has 2 aliphatic rings. The third kappa shape index (κ3) is 20.6. The van der Waals surface area contributed by atoms with Crippen molar-refractivity contribution >= 4 is 70.9 Å². The van der Waals surface area contributed by atoms with Crippen LogP contribution in [-0.4, -0.2) is 223 Å². The van der Waals surface area contributed by atoms with Gasteiger partial charge < -0.3 is 91.7 Å². The average Bonchev–Trinajstić information content (AvgIpc) is 0.788. The molecule has 7 rings (SSSR count). The number of hydrogen-bond acceptors (Lipinski definition) is 20. The maximum Gasteiger partial charge on any atom is 0.364 e. The van der Waals surface area contributed by atoms with Gasteiger partial charge in [-0.25, -0.2) is 9.59 Å². The van der Waals surface area contributed by atoms with Crippen molar-refractivity contribution in [2.24, 2.45) is 0 Å². The molecule has 94 heavy (non-hydrogen) atoms. The maximum atomic E-state index is 13.1. The lowest BCUT2D eigenvalue weighted by Crippen LogP contribution is -2.68. The molecule has 28 heteroatoms. The molecule has 5 aromatic carbocycles. The lowest BCUT2D eigenvalue weighted by molar-refractivity contribution is -0.310. The number of aliphatic hydroxyl groups excluding tert-OH is 6. The van der Waals surface area contributed by atoms with E-state index in [0.29, 0.717) is 23.0 Å². The van der Waals surface area contributed by atoms with Crippen LogP contribution < -0.4 is 31.9 Å². The van der Waals surface area contributed by atoms with E-state index in [0.717, 1.165) is 36.1 Å². The summed E-state index contributed by atoms with van der Waals surface area (Å²) in [5, 5.41) is 103. The Kier molecular flexibility index (Phi) is 27.9. The monoisotopic (exact) mass is 1340 g/mol. The molecule has 0 aliphatic carbocycles. The van der Waals surface area contributed by atoms with Crippen LogP contribution in [0.25, 0.3) is 22.3 Å². The predicted octanol–water partition coefficient (Wildman–Crippen LogP) is 1.93. The van der Waals surface area contributed by atoms with Crippen molar-refractivity contribution in [2.75, 3.05) is 62.4 Å². The molecule has 5 aromatic rings. The minimum Gasteiger partial charge on any atom is -0.477 e. The standard InChI is InChI=1S/C66H80N6O20S2/c1-39(73)71-53-49(75)35-65(63(85)86,91-57(53)55(79)51(77)37-69-59(81)45-22-18-43(19-23-45)41-12-5-3-6-13-41)89-28-10-30-93-32-26-67-61(83)47-16-9-17-48(34-47)62(84)68-27-33-94-31-11-29-90-66(64(87)88)36-50(76)54(72-40(2)74)58(92-66)56(80)52(78)38-70-60(82)46-24-20-44(21-25-46)42-14-7-4-8-15-42/h3-9,12-25,34,49-58,75-80H,10-11,26-33,35-38H2,1-2H3,(H,67,83)(H,68,84)(H,69,81)(H,70,82)(H,71,73)(H,72,74)(H,85,86)(H,87,88)/t49-,50-,51+,52+,53+,54+,55+,56+,57+,58+,65+,66+/m0/s1. The molecule has 506 valence electrons. The fraction of sp³-hybridized carbons (Fsp3) is 0.424. The number of rotatable bonds is 34. The molecule has 0 spiro atoms. The Morgan fingerprint density at radius 3 is 1.18 bits per heavy atom. The van der Waals surface area contributed by atoms with Gasteiger partial charge in [0.05, 0.1) is 49.7 Å². The van der Waals surface area contributed by atoms with E-state index in [4.69, 9.17) is 18.9 Å². The molecular weight excluding hydrogens is 1260 g/mol. The van der Waals surface area contributed by atoms with Gasteiger partial charge in [0.2, 0.25) is 11.8 Å². The van der Waals surface area contributed by atoms with Crippen LogP contribution in [0.1, 0.15) is 81.0 Å². The number of thioether (sulfide) groups is 2. The van der Waals surface area contributed by atoms with Gasteiger partial charge in [0.25, 0.3) is 35.2 Å². The number of carboxylic acid groups (broad SMARTS) is 2. The van der Waals surface area contributed by atoms with E-state index in [9.17, 15) is 79.2 Å². The Bertz CT molecular complexity index is 3130. The molecule has 0 bridgehead atoms. The van der Waals surface area contributed by atoms with Crippen molar-refractivity contribution in [3.8, 4) is 22.3 Å². The molecule has 2 saturated heterocycles. The topological polar surface area (TPSA) is 408 Å². The first-order valence-corrected chi connectivity index (χ1v) is 32.7. The molecule has 0 aromatic heterocycles. The second kappa shape index (κ2) is 35.6. The number of ether oxygens (including phenoxy) is 4. The van der Waals surface area contributed by atoms with Gasteiger partial charge in [0, 0.05) is 86.6 Å². The fourth-order valence-electron chi connectivity index (χ4n) is 10.5. The summed E-state index contributed by atoms with van der Waals surface area (Å²) in [6.07, 6.45) is -14.8. The Hall–Kier alpha value is -7.84. The van der Waals surface area contributed by atoms with E-state index in [1.54, 1.807) is 66.7 Å². The molecule has 26 nitrogen and oxygen atoms in total. The zero-order chi connectivity index (χ0) is 68.0. The van der Waals surface area contributed by atoms with Crippen LogP contribution in [-0.2, 0) is 38.1 Å². The fourth-order valence-corrected chi connectivity index (χ4v) is 12.1. The van der Waals surface area contributed by atoms with Crippen molar-refractivity contribution in [3.63, 3.8) is 0 Å².